The van der Waals surface area contributed by atoms with Gasteiger partial charge in [-0.05, 0) is 25.0 Å². The minimum atomic E-state index is -0.464. The average molecular weight is 365 g/mol. The Hall–Kier alpha value is -3.49. The average Bonchev–Trinajstić information content (AvgIpc) is 3.42. The highest BCUT2D eigenvalue weighted by Gasteiger charge is 2.30. The minimum absolute atomic E-state index is 0.144. The predicted octanol–water partition coefficient (Wildman–Crippen LogP) is 2.70. The third-order valence-corrected chi connectivity index (χ3v) is 4.88. The Kier molecular flexibility index (Phi) is 3.52. The Morgan fingerprint density at radius 3 is 3.04 bits per heavy atom. The van der Waals surface area contributed by atoms with Gasteiger partial charge in [0, 0.05) is 30.7 Å². The van der Waals surface area contributed by atoms with Gasteiger partial charge in [-0.3, -0.25) is 0 Å². The zero-order chi connectivity index (χ0) is 18.4. The maximum Gasteiger partial charge on any atom is 0.216 e. The van der Waals surface area contributed by atoms with Gasteiger partial charge in [0.25, 0.3) is 0 Å². The van der Waals surface area contributed by atoms with E-state index in [0.717, 1.165) is 37.0 Å². The molecule has 27 heavy (non-hydrogen) atoms. The van der Waals surface area contributed by atoms with Gasteiger partial charge in [0.15, 0.2) is 5.65 Å². The molecular formula is C18H16FN7O. The molecule has 136 valence electrons. The highest BCUT2D eigenvalue weighted by atomic mass is 19.1. The Labute approximate surface area is 153 Å². The Bertz CT molecular complexity index is 1110. The number of aromatic hydroxyl groups is 1. The van der Waals surface area contributed by atoms with E-state index in [4.69, 9.17) is 4.98 Å². The molecule has 4 aromatic heterocycles. The Balaban J connectivity index is 1.58. The van der Waals surface area contributed by atoms with E-state index in [1.165, 1.54) is 6.07 Å². The molecule has 0 radical (unpaired) electrons. The molecule has 0 bridgehead atoms. The van der Waals surface area contributed by atoms with Crippen molar-refractivity contribution in [2.45, 2.75) is 18.9 Å². The van der Waals surface area contributed by atoms with Crippen LogP contribution < -0.4 is 4.90 Å². The molecule has 0 amide bonds. The fraction of sp³-hybridized carbons (Fsp3) is 0.222. The van der Waals surface area contributed by atoms with Gasteiger partial charge in [0.2, 0.25) is 5.88 Å². The van der Waals surface area contributed by atoms with Crippen molar-refractivity contribution in [3.05, 3.63) is 54.5 Å². The van der Waals surface area contributed by atoms with Gasteiger partial charge in [-0.25, -0.2) is 23.9 Å². The third kappa shape index (κ3) is 2.59. The van der Waals surface area contributed by atoms with Crippen LogP contribution in [0.15, 0.2) is 43.1 Å². The molecule has 1 aliphatic heterocycles. The Morgan fingerprint density at radius 2 is 2.19 bits per heavy atom. The van der Waals surface area contributed by atoms with E-state index in [9.17, 15) is 9.50 Å². The summed E-state index contributed by atoms with van der Waals surface area (Å²) in [5, 5.41) is 14.4. The highest BCUT2D eigenvalue weighted by Crippen LogP contribution is 2.38. The number of halogens is 1. The first-order chi connectivity index (χ1) is 13.2. The van der Waals surface area contributed by atoms with Gasteiger partial charge in [-0.2, -0.15) is 5.10 Å². The van der Waals surface area contributed by atoms with Crippen LogP contribution in [0, 0.1) is 5.82 Å². The van der Waals surface area contributed by atoms with E-state index in [0.29, 0.717) is 17.0 Å². The normalized spacial score (nSPS) is 17.1. The van der Waals surface area contributed by atoms with E-state index in [1.54, 1.807) is 23.1 Å². The molecule has 5 heterocycles. The van der Waals surface area contributed by atoms with Gasteiger partial charge in [-0.1, -0.05) is 0 Å². The van der Waals surface area contributed by atoms with E-state index < -0.39 is 5.82 Å². The number of imidazole rings is 1. The second-order valence-corrected chi connectivity index (χ2v) is 6.47. The topological polar surface area (TPSA) is 95.2 Å². The molecule has 9 heteroatoms. The van der Waals surface area contributed by atoms with Gasteiger partial charge in [0.1, 0.15) is 17.5 Å². The zero-order valence-corrected chi connectivity index (χ0v) is 14.2. The van der Waals surface area contributed by atoms with Crippen LogP contribution in [-0.4, -0.2) is 41.2 Å². The van der Waals surface area contributed by atoms with Crippen molar-refractivity contribution in [2.24, 2.45) is 0 Å². The molecule has 0 spiro atoms. The fourth-order valence-corrected chi connectivity index (χ4v) is 3.66. The maximum atomic E-state index is 13.7. The monoisotopic (exact) mass is 365 g/mol. The summed E-state index contributed by atoms with van der Waals surface area (Å²) in [7, 11) is 0. The largest absolute Gasteiger partial charge is 0.493 e. The van der Waals surface area contributed by atoms with E-state index in [-0.39, 0.29) is 11.9 Å². The number of aromatic nitrogens is 6. The number of pyridine rings is 1. The van der Waals surface area contributed by atoms with Crippen molar-refractivity contribution >= 4 is 11.5 Å². The summed E-state index contributed by atoms with van der Waals surface area (Å²) >= 11 is 0. The maximum absolute atomic E-state index is 13.7. The molecular weight excluding hydrogens is 349 g/mol. The number of H-pyrrole nitrogens is 1. The zero-order valence-electron chi connectivity index (χ0n) is 14.2. The molecule has 2 N–H and O–H groups in total. The first kappa shape index (κ1) is 15.7. The van der Waals surface area contributed by atoms with Crippen molar-refractivity contribution in [3.63, 3.8) is 0 Å². The lowest BCUT2D eigenvalue weighted by atomic mass is 10.1. The van der Waals surface area contributed by atoms with E-state index >= 15 is 0 Å². The number of fused-ring (bicyclic) bond motifs is 1. The number of hydrogen-bond acceptors (Lipinski definition) is 6. The van der Waals surface area contributed by atoms with Crippen molar-refractivity contribution in [3.8, 4) is 17.3 Å². The number of anilines is 1. The summed E-state index contributed by atoms with van der Waals surface area (Å²) in [6.07, 6.45) is 9.70. The van der Waals surface area contributed by atoms with Crippen molar-refractivity contribution in [1.29, 1.82) is 0 Å². The van der Waals surface area contributed by atoms with Crippen molar-refractivity contribution < 1.29 is 9.50 Å². The first-order valence-corrected chi connectivity index (χ1v) is 8.66. The lowest BCUT2D eigenvalue weighted by molar-refractivity contribution is 0.434. The molecule has 0 saturated carbocycles. The number of nitrogens with one attached hydrogen (secondary N) is 1. The summed E-state index contributed by atoms with van der Waals surface area (Å²) in [5.41, 5.74) is 1.96. The summed E-state index contributed by atoms with van der Waals surface area (Å²) in [6.45, 7) is 0.758. The third-order valence-electron chi connectivity index (χ3n) is 4.88. The number of aromatic amines is 1. The number of nitrogens with zero attached hydrogens (tertiary/aromatic N) is 6. The molecule has 0 unspecified atom stereocenters. The number of hydrogen-bond donors (Lipinski definition) is 2. The molecule has 0 aliphatic carbocycles. The second-order valence-electron chi connectivity index (χ2n) is 6.47. The molecule has 5 rings (SSSR count). The number of rotatable bonds is 3. The quantitative estimate of drug-likeness (QED) is 0.580. The SMILES string of the molecule is Oc1ncc(F)cc1[C@H]1CCCN1c1ccn2ncc(-c3ncc[nH]3)c2n1. The van der Waals surface area contributed by atoms with Crippen molar-refractivity contribution in [1.82, 2.24) is 29.5 Å². The van der Waals surface area contributed by atoms with Gasteiger partial charge >= 0.3 is 0 Å². The molecule has 1 atom stereocenters. The van der Waals surface area contributed by atoms with Crippen LogP contribution in [0.3, 0.4) is 0 Å². The van der Waals surface area contributed by atoms with Gasteiger partial charge in [-0.15, -0.1) is 0 Å². The van der Waals surface area contributed by atoms with Crippen LogP contribution in [0.4, 0.5) is 10.2 Å². The van der Waals surface area contributed by atoms with Crippen LogP contribution >= 0.6 is 0 Å². The van der Waals surface area contributed by atoms with Crippen LogP contribution in [-0.2, 0) is 0 Å². The fourth-order valence-electron chi connectivity index (χ4n) is 3.66. The highest BCUT2D eigenvalue weighted by molar-refractivity contribution is 5.73. The van der Waals surface area contributed by atoms with Crippen LogP contribution in [0.2, 0.25) is 0 Å². The van der Waals surface area contributed by atoms with Crippen molar-refractivity contribution in [2.75, 3.05) is 11.4 Å². The van der Waals surface area contributed by atoms with Crippen LogP contribution in [0.25, 0.3) is 17.0 Å². The van der Waals surface area contributed by atoms with Crippen LogP contribution in [0.5, 0.6) is 5.88 Å². The summed E-state index contributed by atoms with van der Waals surface area (Å²) in [5.74, 6) is 0.825. The van der Waals surface area contributed by atoms with Gasteiger partial charge in [0.05, 0.1) is 24.0 Å². The van der Waals surface area contributed by atoms with E-state index in [1.807, 2.05) is 12.3 Å². The summed E-state index contributed by atoms with van der Waals surface area (Å²) < 4.78 is 15.4. The molecule has 1 saturated heterocycles. The summed E-state index contributed by atoms with van der Waals surface area (Å²) in [4.78, 5) is 17.9. The minimum Gasteiger partial charge on any atom is -0.493 e. The standard InChI is InChI=1S/C18H16FN7O/c19-11-8-12(18(27)22-9-11)14-2-1-6-25(14)15-3-7-26-17(24-15)13(10-23-26)16-20-4-5-21-16/h3-5,7-10,14H,1-2,6H2,(H,20,21)(H,22,27)/t14-/m1/s1. The summed E-state index contributed by atoms with van der Waals surface area (Å²) in [6, 6.07) is 3.03. The lowest BCUT2D eigenvalue weighted by Gasteiger charge is -2.26. The van der Waals surface area contributed by atoms with Gasteiger partial charge < -0.3 is 15.0 Å². The second kappa shape index (κ2) is 6.04. The molecule has 1 aliphatic rings. The Morgan fingerprint density at radius 1 is 1.26 bits per heavy atom. The lowest BCUT2D eigenvalue weighted by Crippen LogP contribution is -2.24. The predicted molar refractivity (Wildman–Crippen MR) is 95.7 cm³/mol. The molecule has 8 nitrogen and oxygen atoms in total. The van der Waals surface area contributed by atoms with E-state index in [2.05, 4.69) is 25.0 Å². The molecule has 0 aromatic carbocycles. The first-order valence-electron chi connectivity index (χ1n) is 8.66. The van der Waals surface area contributed by atoms with Crippen LogP contribution in [0.1, 0.15) is 24.4 Å². The smallest absolute Gasteiger partial charge is 0.216 e. The molecule has 1 fully saturated rings. The molecule has 4 aromatic rings.